The Morgan fingerprint density at radius 2 is 1.62 bits per heavy atom. The summed E-state index contributed by atoms with van der Waals surface area (Å²) in [7, 11) is 0. The van der Waals surface area contributed by atoms with Gasteiger partial charge < -0.3 is 9.80 Å². The Bertz CT molecular complexity index is 869. The highest BCUT2D eigenvalue weighted by atomic mass is 15.3. The second kappa shape index (κ2) is 5.77. The van der Waals surface area contributed by atoms with Gasteiger partial charge in [0.25, 0.3) is 0 Å². The Morgan fingerprint density at radius 3 is 2.42 bits per heavy atom. The number of anilines is 2. The van der Waals surface area contributed by atoms with Crippen LogP contribution in [0.5, 0.6) is 0 Å². The minimum absolute atomic E-state index is 0.546. The molecule has 0 aromatic heterocycles. The molecule has 3 heterocycles. The first-order valence-corrected chi connectivity index (χ1v) is 10.3. The lowest BCUT2D eigenvalue weighted by atomic mass is 9.80. The summed E-state index contributed by atoms with van der Waals surface area (Å²) in [5, 5.41) is 0. The van der Waals surface area contributed by atoms with Gasteiger partial charge in [0.2, 0.25) is 0 Å². The summed E-state index contributed by atoms with van der Waals surface area (Å²) in [6.45, 7) is 11.5. The molecular weight excluding hydrogens is 316 g/mol. The van der Waals surface area contributed by atoms with Crippen LogP contribution in [0.25, 0.3) is 0 Å². The van der Waals surface area contributed by atoms with Gasteiger partial charge in [-0.2, -0.15) is 0 Å². The van der Waals surface area contributed by atoms with E-state index in [-0.39, 0.29) is 0 Å². The number of fused-ring (bicyclic) bond motifs is 6. The largest absolute Gasteiger partial charge is 0.368 e. The van der Waals surface area contributed by atoms with Crippen molar-refractivity contribution in [2.24, 2.45) is 5.92 Å². The molecule has 2 saturated heterocycles. The molecule has 0 bridgehead atoms. The summed E-state index contributed by atoms with van der Waals surface area (Å²) in [6, 6.07) is 13.1. The third-order valence-electron chi connectivity index (χ3n) is 6.98. The Hall–Kier alpha value is -1.96. The third kappa shape index (κ3) is 2.24. The molecule has 3 aliphatic heterocycles. The van der Waals surface area contributed by atoms with Crippen LogP contribution in [-0.4, -0.2) is 19.1 Å². The topological polar surface area (TPSA) is 6.48 Å². The molecule has 3 unspecified atom stereocenters. The maximum Gasteiger partial charge on any atom is 0.0611 e. The van der Waals surface area contributed by atoms with E-state index >= 15 is 0 Å². The van der Waals surface area contributed by atoms with Crippen LogP contribution in [0.4, 0.5) is 11.4 Å². The number of aryl methyl sites for hydroxylation is 4. The molecule has 0 radical (unpaired) electrons. The third-order valence-corrected chi connectivity index (χ3v) is 6.98. The van der Waals surface area contributed by atoms with Crippen molar-refractivity contribution in [2.45, 2.75) is 59.0 Å². The molecule has 3 aliphatic rings. The molecule has 2 fully saturated rings. The van der Waals surface area contributed by atoms with Crippen molar-refractivity contribution >= 4 is 11.4 Å². The van der Waals surface area contributed by atoms with Crippen molar-refractivity contribution in [3.63, 3.8) is 0 Å². The van der Waals surface area contributed by atoms with Crippen molar-refractivity contribution in [3.8, 4) is 0 Å². The number of benzene rings is 2. The number of rotatable bonds is 1. The van der Waals surface area contributed by atoms with E-state index in [4.69, 9.17) is 0 Å². The molecule has 2 nitrogen and oxygen atoms in total. The highest BCUT2D eigenvalue weighted by Gasteiger charge is 2.49. The predicted molar refractivity (Wildman–Crippen MR) is 110 cm³/mol. The second-order valence-corrected chi connectivity index (χ2v) is 8.80. The average Bonchev–Trinajstić information content (AvgIpc) is 3.20. The first-order chi connectivity index (χ1) is 12.5. The summed E-state index contributed by atoms with van der Waals surface area (Å²) >= 11 is 0. The molecule has 0 amide bonds. The van der Waals surface area contributed by atoms with Gasteiger partial charge in [-0.05, 0) is 69.7 Å². The van der Waals surface area contributed by atoms with Crippen LogP contribution in [-0.2, 0) is 0 Å². The lowest BCUT2D eigenvalue weighted by molar-refractivity contribution is 0.373. The van der Waals surface area contributed by atoms with Gasteiger partial charge in [-0.3, -0.25) is 0 Å². The first-order valence-electron chi connectivity index (χ1n) is 10.3. The molecule has 5 rings (SSSR count). The van der Waals surface area contributed by atoms with Crippen LogP contribution in [0.2, 0.25) is 0 Å². The maximum atomic E-state index is 2.76. The monoisotopic (exact) mass is 346 g/mol. The van der Waals surface area contributed by atoms with Crippen LogP contribution in [0.1, 0.15) is 53.1 Å². The van der Waals surface area contributed by atoms with Gasteiger partial charge in [-0.1, -0.05) is 35.4 Å². The quantitative estimate of drug-likeness (QED) is 0.675. The lowest BCUT2D eigenvalue weighted by Gasteiger charge is -2.45. The highest BCUT2D eigenvalue weighted by molar-refractivity contribution is 5.69. The molecule has 0 aliphatic carbocycles. The summed E-state index contributed by atoms with van der Waals surface area (Å²) < 4.78 is 0. The van der Waals surface area contributed by atoms with E-state index in [2.05, 4.69) is 67.8 Å². The van der Waals surface area contributed by atoms with Gasteiger partial charge in [-0.15, -0.1) is 0 Å². The molecule has 0 N–H and O–H groups in total. The number of hydrogen-bond acceptors (Lipinski definition) is 2. The molecule has 2 aromatic carbocycles. The van der Waals surface area contributed by atoms with E-state index in [1.165, 1.54) is 60.3 Å². The van der Waals surface area contributed by atoms with E-state index in [0.29, 0.717) is 6.04 Å². The molecule has 0 saturated carbocycles. The van der Waals surface area contributed by atoms with Crippen molar-refractivity contribution < 1.29 is 0 Å². The summed E-state index contributed by atoms with van der Waals surface area (Å²) in [5.74, 6) is 0.770. The Kier molecular flexibility index (Phi) is 3.60. The molecule has 0 spiro atoms. The van der Waals surface area contributed by atoms with E-state index in [9.17, 15) is 0 Å². The molecular formula is C24H30N2. The normalized spacial score (nSPS) is 26.7. The maximum absolute atomic E-state index is 2.76. The summed E-state index contributed by atoms with van der Waals surface area (Å²) in [6.07, 6.45) is 4.05. The number of nitrogens with zero attached hydrogens (tertiary/aromatic N) is 2. The average molecular weight is 347 g/mol. The Morgan fingerprint density at radius 1 is 0.808 bits per heavy atom. The molecule has 26 heavy (non-hydrogen) atoms. The van der Waals surface area contributed by atoms with Crippen LogP contribution in [0.15, 0.2) is 30.3 Å². The predicted octanol–water partition coefficient (Wildman–Crippen LogP) is 5.47. The van der Waals surface area contributed by atoms with E-state index in [1.54, 1.807) is 11.3 Å². The van der Waals surface area contributed by atoms with E-state index in [0.717, 1.165) is 12.0 Å². The van der Waals surface area contributed by atoms with Gasteiger partial charge in [0, 0.05) is 36.4 Å². The van der Waals surface area contributed by atoms with Gasteiger partial charge in [0.05, 0.1) is 6.04 Å². The van der Waals surface area contributed by atoms with Crippen molar-refractivity contribution in [1.29, 1.82) is 0 Å². The second-order valence-electron chi connectivity index (χ2n) is 8.80. The fourth-order valence-corrected chi connectivity index (χ4v) is 6.14. The zero-order valence-electron chi connectivity index (χ0n) is 16.5. The zero-order valence-corrected chi connectivity index (χ0v) is 16.5. The van der Waals surface area contributed by atoms with Crippen LogP contribution >= 0.6 is 0 Å². The van der Waals surface area contributed by atoms with Crippen molar-refractivity contribution in [3.05, 3.63) is 58.1 Å². The van der Waals surface area contributed by atoms with Crippen LogP contribution < -0.4 is 9.80 Å². The van der Waals surface area contributed by atoms with Gasteiger partial charge >= 0.3 is 0 Å². The molecule has 2 heteroatoms. The minimum atomic E-state index is 0.546. The van der Waals surface area contributed by atoms with E-state index in [1.807, 2.05) is 0 Å². The minimum Gasteiger partial charge on any atom is -0.368 e. The smallest absolute Gasteiger partial charge is 0.0611 e. The fraction of sp³-hybridized carbons (Fsp3) is 0.500. The SMILES string of the molecule is Cc1ccc(N2CCC3C4CCCN4c4c(C)cc(C)cc4C32)c(C)c1. The summed E-state index contributed by atoms with van der Waals surface area (Å²) in [5.41, 5.74) is 10.2. The fourth-order valence-electron chi connectivity index (χ4n) is 6.14. The molecule has 136 valence electrons. The Labute approximate surface area is 157 Å². The van der Waals surface area contributed by atoms with Gasteiger partial charge in [0.1, 0.15) is 0 Å². The number of hydrogen-bond donors (Lipinski definition) is 0. The van der Waals surface area contributed by atoms with Gasteiger partial charge in [-0.25, -0.2) is 0 Å². The Balaban J connectivity index is 1.68. The van der Waals surface area contributed by atoms with E-state index < -0.39 is 0 Å². The zero-order chi connectivity index (χ0) is 18.0. The summed E-state index contributed by atoms with van der Waals surface area (Å²) in [4.78, 5) is 5.49. The molecule has 2 aromatic rings. The van der Waals surface area contributed by atoms with Crippen molar-refractivity contribution in [2.75, 3.05) is 22.9 Å². The van der Waals surface area contributed by atoms with Crippen LogP contribution in [0.3, 0.4) is 0 Å². The van der Waals surface area contributed by atoms with Gasteiger partial charge in [0.15, 0.2) is 0 Å². The molecule has 3 atom stereocenters. The lowest BCUT2D eigenvalue weighted by Crippen LogP contribution is -2.44. The highest BCUT2D eigenvalue weighted by Crippen LogP contribution is 2.54. The first kappa shape index (κ1) is 16.2. The van der Waals surface area contributed by atoms with Crippen molar-refractivity contribution in [1.82, 2.24) is 0 Å². The van der Waals surface area contributed by atoms with Crippen LogP contribution in [0, 0.1) is 33.6 Å². The standard InChI is InChI=1S/C24H30N2/c1-15-7-8-21(17(3)12-15)26-11-9-19-22-6-5-10-25(22)23-18(4)13-16(2)14-20(23)24(19)26/h7-8,12-14,19,22,24H,5-6,9-11H2,1-4H3.